The molecule has 28 heavy (non-hydrogen) atoms. The van der Waals surface area contributed by atoms with Gasteiger partial charge >= 0.3 is 11.9 Å². The summed E-state index contributed by atoms with van der Waals surface area (Å²) in [6.45, 7) is 4.08. The molecule has 0 saturated heterocycles. The summed E-state index contributed by atoms with van der Waals surface area (Å²) >= 11 is 0. The Hall–Kier alpha value is -3.15. The maximum Gasteiger partial charge on any atom is 0.325 e. The third kappa shape index (κ3) is 6.87. The lowest BCUT2D eigenvalue weighted by molar-refractivity contribution is -0.671. The van der Waals surface area contributed by atoms with Crippen LogP contribution in [-0.2, 0) is 26.1 Å². The van der Waals surface area contributed by atoms with E-state index in [1.807, 2.05) is 72.6 Å². The van der Waals surface area contributed by atoms with E-state index in [9.17, 15) is 9.59 Å². The van der Waals surface area contributed by atoms with E-state index in [1.165, 1.54) is 0 Å². The zero-order valence-electron chi connectivity index (χ0n) is 16.6. The smallest absolute Gasteiger partial charge is 0.325 e. The molecular formula is C22H27N2O4+. The quantitative estimate of drug-likeness (QED) is 0.492. The van der Waals surface area contributed by atoms with Gasteiger partial charge in [-0.25, -0.2) is 4.57 Å². The van der Waals surface area contributed by atoms with E-state index < -0.39 is 0 Å². The topological polar surface area (TPSA) is 59.7 Å². The molecular weight excluding hydrogens is 356 g/mol. The number of nitrogens with zero attached hydrogens (tertiary/aromatic N) is 2. The van der Waals surface area contributed by atoms with Crippen LogP contribution in [0.4, 0.5) is 5.69 Å². The lowest BCUT2D eigenvalue weighted by Gasteiger charge is -2.22. The summed E-state index contributed by atoms with van der Waals surface area (Å²) in [6.07, 6.45) is 8.03. The van der Waals surface area contributed by atoms with Gasteiger partial charge in [0.1, 0.15) is 20.1 Å². The van der Waals surface area contributed by atoms with Crippen LogP contribution in [0.5, 0.6) is 0 Å². The molecule has 1 heterocycles. The fraction of sp³-hybridized carbons (Fsp3) is 0.318. The molecule has 0 unspecified atom stereocenters. The van der Waals surface area contributed by atoms with Crippen molar-refractivity contribution in [2.24, 2.45) is 7.05 Å². The van der Waals surface area contributed by atoms with Crippen LogP contribution in [0, 0.1) is 0 Å². The van der Waals surface area contributed by atoms with Gasteiger partial charge in [0, 0.05) is 17.8 Å². The van der Waals surface area contributed by atoms with Gasteiger partial charge in [-0.05, 0) is 37.1 Å². The van der Waals surface area contributed by atoms with Gasteiger partial charge in [0.25, 0.3) is 0 Å². The minimum Gasteiger partial charge on any atom is -0.465 e. The Labute approximate surface area is 166 Å². The predicted octanol–water partition coefficient (Wildman–Crippen LogP) is 2.61. The van der Waals surface area contributed by atoms with Gasteiger partial charge in [0.15, 0.2) is 12.4 Å². The van der Waals surface area contributed by atoms with E-state index in [1.54, 1.807) is 18.7 Å². The second-order valence-corrected chi connectivity index (χ2v) is 6.19. The van der Waals surface area contributed by atoms with Gasteiger partial charge in [0.05, 0.1) is 13.2 Å². The highest BCUT2D eigenvalue weighted by Gasteiger charge is 2.16. The Morgan fingerprint density at radius 2 is 1.32 bits per heavy atom. The van der Waals surface area contributed by atoms with Gasteiger partial charge in [0.2, 0.25) is 0 Å². The monoisotopic (exact) mass is 383 g/mol. The summed E-state index contributed by atoms with van der Waals surface area (Å²) in [7, 11) is 1.98. The summed E-state index contributed by atoms with van der Waals surface area (Å²) in [6, 6.07) is 11.7. The number of pyridine rings is 1. The first-order chi connectivity index (χ1) is 13.5. The highest BCUT2D eigenvalue weighted by molar-refractivity contribution is 5.81. The highest BCUT2D eigenvalue weighted by atomic mass is 16.5. The molecule has 0 atom stereocenters. The number of aromatic nitrogens is 1. The second kappa shape index (κ2) is 10.9. The van der Waals surface area contributed by atoms with Gasteiger partial charge in [-0.3, -0.25) is 9.59 Å². The molecule has 2 aromatic rings. The molecule has 1 aromatic heterocycles. The molecule has 0 saturated carbocycles. The van der Waals surface area contributed by atoms with E-state index >= 15 is 0 Å². The van der Waals surface area contributed by atoms with Crippen molar-refractivity contribution in [1.82, 2.24) is 0 Å². The van der Waals surface area contributed by atoms with Crippen molar-refractivity contribution in [1.29, 1.82) is 0 Å². The standard InChI is InChI=1S/C22H27N2O4/c1-4-27-21(25)16-24(17-22(26)28-5-2)20-10-8-18(9-11-20)6-7-19-12-14-23(3)15-13-19/h6-15H,4-5,16-17H2,1-3H3/q+1. The van der Waals surface area contributed by atoms with E-state index in [4.69, 9.17) is 9.47 Å². The number of hydrogen-bond acceptors (Lipinski definition) is 5. The lowest BCUT2D eigenvalue weighted by Crippen LogP contribution is -2.36. The minimum atomic E-state index is -0.381. The summed E-state index contributed by atoms with van der Waals surface area (Å²) in [5, 5.41) is 0. The van der Waals surface area contributed by atoms with E-state index in [0.717, 1.165) is 16.8 Å². The first kappa shape index (κ1) is 21.2. The third-order valence-electron chi connectivity index (χ3n) is 3.98. The fourth-order valence-corrected chi connectivity index (χ4v) is 2.58. The highest BCUT2D eigenvalue weighted by Crippen LogP contribution is 2.17. The van der Waals surface area contributed by atoms with Crippen molar-refractivity contribution >= 4 is 29.8 Å². The van der Waals surface area contributed by atoms with E-state index in [2.05, 4.69) is 0 Å². The number of esters is 2. The minimum absolute atomic E-state index is 0.0110. The van der Waals surface area contributed by atoms with Crippen LogP contribution < -0.4 is 9.47 Å². The Balaban J connectivity index is 2.11. The lowest BCUT2D eigenvalue weighted by atomic mass is 10.1. The van der Waals surface area contributed by atoms with Crippen molar-refractivity contribution in [3.8, 4) is 0 Å². The molecule has 0 radical (unpaired) electrons. The van der Waals surface area contributed by atoms with E-state index in [0.29, 0.717) is 13.2 Å². The average Bonchev–Trinajstić information content (AvgIpc) is 2.68. The number of ether oxygens (including phenoxy) is 2. The van der Waals surface area contributed by atoms with Crippen LogP contribution in [0.15, 0.2) is 48.8 Å². The molecule has 0 bridgehead atoms. The Morgan fingerprint density at radius 1 is 0.857 bits per heavy atom. The number of anilines is 1. The third-order valence-corrected chi connectivity index (χ3v) is 3.98. The van der Waals surface area contributed by atoms with Crippen LogP contribution >= 0.6 is 0 Å². The fourth-order valence-electron chi connectivity index (χ4n) is 2.58. The number of rotatable bonds is 9. The van der Waals surface area contributed by atoms with Crippen molar-refractivity contribution in [2.75, 3.05) is 31.2 Å². The van der Waals surface area contributed by atoms with Gasteiger partial charge < -0.3 is 14.4 Å². The van der Waals surface area contributed by atoms with E-state index in [-0.39, 0.29) is 25.0 Å². The zero-order chi connectivity index (χ0) is 20.4. The molecule has 0 aliphatic carbocycles. The Kier molecular flexibility index (Phi) is 8.21. The van der Waals surface area contributed by atoms with Crippen LogP contribution in [0.25, 0.3) is 12.2 Å². The maximum atomic E-state index is 11.9. The molecule has 0 fully saturated rings. The molecule has 0 amide bonds. The molecule has 148 valence electrons. The van der Waals surface area contributed by atoms with Crippen molar-refractivity contribution < 1.29 is 23.6 Å². The molecule has 0 N–H and O–H groups in total. The summed E-state index contributed by atoms with van der Waals surface area (Å²) in [5.41, 5.74) is 2.88. The maximum absolute atomic E-state index is 11.9. The second-order valence-electron chi connectivity index (χ2n) is 6.19. The van der Waals surface area contributed by atoms with Crippen molar-refractivity contribution in [3.63, 3.8) is 0 Å². The molecule has 2 rings (SSSR count). The summed E-state index contributed by atoms with van der Waals surface area (Å²) in [5.74, 6) is -0.763. The number of aryl methyl sites for hydroxylation is 1. The first-order valence-corrected chi connectivity index (χ1v) is 9.31. The molecule has 0 aliphatic heterocycles. The SMILES string of the molecule is CCOC(=O)CN(CC(=O)OCC)c1ccc(/C=C/c2cc[n+](C)cc2)cc1. The van der Waals surface area contributed by atoms with Crippen molar-refractivity contribution in [2.45, 2.75) is 13.8 Å². The van der Waals surface area contributed by atoms with Gasteiger partial charge in [-0.1, -0.05) is 24.3 Å². The number of benzene rings is 1. The average molecular weight is 383 g/mol. The Morgan fingerprint density at radius 3 is 1.79 bits per heavy atom. The number of carbonyl (C=O) groups excluding carboxylic acids is 2. The van der Waals surface area contributed by atoms with Gasteiger partial charge in [-0.15, -0.1) is 0 Å². The molecule has 0 aliphatic rings. The largest absolute Gasteiger partial charge is 0.465 e. The molecule has 6 heteroatoms. The Bertz CT molecular complexity index is 778. The summed E-state index contributed by atoms with van der Waals surface area (Å²) < 4.78 is 12.0. The number of carbonyl (C=O) groups is 2. The van der Waals surface area contributed by atoms with Gasteiger partial charge in [-0.2, -0.15) is 0 Å². The number of hydrogen-bond donors (Lipinski definition) is 0. The van der Waals surface area contributed by atoms with Crippen LogP contribution in [0.3, 0.4) is 0 Å². The molecule has 0 spiro atoms. The van der Waals surface area contributed by atoms with Crippen LogP contribution in [0.1, 0.15) is 25.0 Å². The first-order valence-electron chi connectivity index (χ1n) is 9.31. The van der Waals surface area contributed by atoms with Crippen molar-refractivity contribution in [3.05, 3.63) is 59.9 Å². The van der Waals surface area contributed by atoms with Crippen LogP contribution in [-0.4, -0.2) is 38.2 Å². The normalized spacial score (nSPS) is 10.7. The van der Waals surface area contributed by atoms with Crippen LogP contribution in [0.2, 0.25) is 0 Å². The molecule has 6 nitrogen and oxygen atoms in total. The zero-order valence-corrected chi connectivity index (χ0v) is 16.6. The molecule has 1 aromatic carbocycles. The predicted molar refractivity (Wildman–Crippen MR) is 108 cm³/mol. The summed E-state index contributed by atoms with van der Waals surface area (Å²) in [4.78, 5) is 25.4.